The number of nitrogens with one attached hydrogen (secondary N) is 2. The number of hydrogen-bond acceptors (Lipinski definition) is 7. The van der Waals surface area contributed by atoms with E-state index >= 15 is 0 Å². The first kappa shape index (κ1) is 29.9. The van der Waals surface area contributed by atoms with Gasteiger partial charge < -0.3 is 31.7 Å². The normalized spacial score (nSPS) is 7.60. The molecule has 0 aliphatic carbocycles. The Morgan fingerprint density at radius 1 is 0.800 bits per heavy atom. The number of ketones is 1. The van der Waals surface area contributed by atoms with Gasteiger partial charge in [0.1, 0.15) is 5.78 Å². The second-order valence-electron chi connectivity index (χ2n) is 3.76. The van der Waals surface area contributed by atoms with Gasteiger partial charge in [0, 0.05) is 38.9 Å². The molecule has 0 rings (SSSR count). The molecule has 0 aromatic rings. The van der Waals surface area contributed by atoms with Crippen LogP contribution in [0.2, 0.25) is 0 Å². The number of carbonyl (C=O) groups excluding carboxylic acids is 3. The maximum absolute atomic E-state index is 11.2. The van der Waals surface area contributed by atoms with E-state index in [0.29, 0.717) is 26.1 Å². The highest BCUT2D eigenvalue weighted by Crippen LogP contribution is 1.82. The van der Waals surface area contributed by atoms with Gasteiger partial charge in [0.15, 0.2) is 0 Å². The molecule has 0 fully saturated rings. The van der Waals surface area contributed by atoms with Gasteiger partial charge in [-0.3, -0.25) is 28.8 Å². The largest absolute Gasteiger partial charge is 0.483 e. The van der Waals surface area contributed by atoms with Gasteiger partial charge in [0.25, 0.3) is 19.4 Å². The predicted octanol–water partition coefficient (Wildman–Crippen LogP) is -1.96. The van der Waals surface area contributed by atoms with Crippen molar-refractivity contribution in [3.8, 4) is 0 Å². The summed E-state index contributed by atoms with van der Waals surface area (Å²) in [6.45, 7) is 1.67. The van der Waals surface area contributed by atoms with Crippen molar-refractivity contribution in [2.45, 2.75) is 26.2 Å². The van der Waals surface area contributed by atoms with Crippen molar-refractivity contribution in [2.24, 2.45) is 5.73 Å². The molecule has 0 radical (unpaired) electrons. The zero-order chi connectivity index (χ0) is 20.5. The molecule has 0 saturated heterocycles. The molecule has 25 heavy (non-hydrogen) atoms. The first-order valence-electron chi connectivity index (χ1n) is 6.77. The molecular weight excluding hydrogens is 342 g/mol. The van der Waals surface area contributed by atoms with Crippen LogP contribution in [0.3, 0.4) is 0 Å². The third-order valence-corrected chi connectivity index (χ3v) is 1.84. The molecule has 0 saturated carbocycles. The van der Waals surface area contributed by atoms with Crippen LogP contribution in [0.25, 0.3) is 0 Å². The van der Waals surface area contributed by atoms with Gasteiger partial charge in [-0.25, -0.2) is 0 Å². The van der Waals surface area contributed by atoms with E-state index < -0.39 is 0 Å². The Bertz CT molecular complexity index is 361. The highest BCUT2D eigenvalue weighted by Gasteiger charge is 2.03. The Balaban J connectivity index is -0.000000204. The molecule has 0 spiro atoms. The topological polar surface area (TPSA) is 213 Å². The molecule has 0 aliphatic heterocycles. The van der Waals surface area contributed by atoms with E-state index in [4.69, 9.17) is 35.4 Å². The van der Waals surface area contributed by atoms with Gasteiger partial charge in [0.2, 0.25) is 11.8 Å². The zero-order valence-corrected chi connectivity index (χ0v) is 13.8. The zero-order valence-electron chi connectivity index (χ0n) is 13.8. The number of hydrogen-bond donors (Lipinski definition) is 6. The van der Waals surface area contributed by atoms with Gasteiger partial charge in [0.05, 0.1) is 0 Å². The van der Waals surface area contributed by atoms with Crippen LogP contribution in [0.1, 0.15) is 26.2 Å². The van der Waals surface area contributed by atoms with Crippen LogP contribution in [0.5, 0.6) is 0 Å². The van der Waals surface area contributed by atoms with E-state index in [2.05, 4.69) is 10.6 Å². The quantitative estimate of drug-likeness (QED) is 0.260. The van der Waals surface area contributed by atoms with E-state index in [1.807, 2.05) is 0 Å². The molecule has 146 valence electrons. The van der Waals surface area contributed by atoms with E-state index in [0.717, 1.165) is 0 Å². The minimum atomic E-state index is -0.250. The molecule has 12 nitrogen and oxygen atoms in total. The average Bonchev–Trinajstić information content (AvgIpc) is 2.49. The van der Waals surface area contributed by atoms with Gasteiger partial charge in [-0.05, 0) is 6.92 Å². The van der Waals surface area contributed by atoms with Gasteiger partial charge in [-0.1, -0.05) is 0 Å². The Labute approximate surface area is 144 Å². The van der Waals surface area contributed by atoms with E-state index in [1.54, 1.807) is 0 Å². The van der Waals surface area contributed by atoms with E-state index in [1.165, 1.54) is 6.92 Å². The summed E-state index contributed by atoms with van der Waals surface area (Å²) < 4.78 is 0. The van der Waals surface area contributed by atoms with Gasteiger partial charge in [-0.15, -0.1) is 0 Å². The minimum absolute atomic E-state index is 0.0385. The van der Waals surface area contributed by atoms with Crippen LogP contribution < -0.4 is 16.4 Å². The van der Waals surface area contributed by atoms with Crippen LogP contribution in [0, 0.1) is 0 Å². The number of carboxylic acid groups (broad SMARTS) is 3. The van der Waals surface area contributed by atoms with E-state index in [9.17, 15) is 14.4 Å². The molecule has 0 aromatic heterocycles. The van der Waals surface area contributed by atoms with Crippen LogP contribution in [-0.2, 0) is 28.8 Å². The molecule has 7 N–H and O–H groups in total. The standard InChI is InChI=1S/C10H19N3O3.3CH2O2/c1-8(14)3-6-12-10(16)4-7-13-9(15)2-5-11;3*2-1-3/h2-7,11H2,1H3,(H,12,16)(H,13,15);3*1H,(H,2,3). The first-order chi connectivity index (χ1) is 11.8. The lowest BCUT2D eigenvalue weighted by Crippen LogP contribution is -2.32. The third kappa shape index (κ3) is 52.7. The fourth-order valence-corrected chi connectivity index (χ4v) is 1.00. The third-order valence-electron chi connectivity index (χ3n) is 1.84. The lowest BCUT2D eigenvalue weighted by molar-refractivity contribution is -0.124. The lowest BCUT2D eigenvalue weighted by Gasteiger charge is -2.05. The van der Waals surface area contributed by atoms with Crippen LogP contribution in [-0.4, -0.2) is 72.0 Å². The summed E-state index contributed by atoms with van der Waals surface area (Å²) in [7, 11) is 0. The fourth-order valence-electron chi connectivity index (χ4n) is 1.00. The van der Waals surface area contributed by atoms with E-state index in [-0.39, 0.29) is 49.9 Å². The van der Waals surface area contributed by atoms with Crippen molar-refractivity contribution in [1.29, 1.82) is 0 Å². The summed E-state index contributed by atoms with van der Waals surface area (Å²) in [6, 6.07) is 0. The Hall–Kier alpha value is -3.02. The molecule has 0 atom stereocenters. The maximum atomic E-state index is 11.2. The summed E-state index contributed by atoms with van der Waals surface area (Å²) >= 11 is 0. The number of carbonyl (C=O) groups is 6. The molecule has 2 amide bonds. The summed E-state index contributed by atoms with van der Waals surface area (Å²) in [4.78, 5) is 57.8. The molecule has 12 heteroatoms. The van der Waals surface area contributed by atoms with Gasteiger partial charge in [-0.2, -0.15) is 0 Å². The van der Waals surface area contributed by atoms with Crippen LogP contribution >= 0.6 is 0 Å². The number of nitrogens with two attached hydrogens (primary N) is 1. The number of Topliss-reactive ketones (excluding diaryl/α,β-unsaturated/α-hetero) is 1. The molecule has 0 unspecified atom stereocenters. The molecule has 0 aromatic carbocycles. The van der Waals surface area contributed by atoms with Crippen molar-refractivity contribution in [3.63, 3.8) is 0 Å². The highest BCUT2D eigenvalue weighted by atomic mass is 16.4. The second-order valence-corrected chi connectivity index (χ2v) is 3.76. The van der Waals surface area contributed by atoms with Crippen molar-refractivity contribution in [1.82, 2.24) is 10.6 Å². The monoisotopic (exact) mass is 367 g/mol. The summed E-state index contributed by atoms with van der Waals surface area (Å²) in [5.74, 6) is -0.287. The number of rotatable bonds is 8. The van der Waals surface area contributed by atoms with Crippen molar-refractivity contribution in [3.05, 3.63) is 0 Å². The predicted molar refractivity (Wildman–Crippen MR) is 85.7 cm³/mol. The number of amides is 2. The molecule has 0 heterocycles. The van der Waals surface area contributed by atoms with Gasteiger partial charge >= 0.3 is 0 Å². The van der Waals surface area contributed by atoms with Crippen molar-refractivity contribution >= 4 is 37.0 Å². The SMILES string of the molecule is CC(=O)CCNC(=O)CCNC(=O)CCN.O=CO.O=CO.O=CO. The smallest absolute Gasteiger partial charge is 0.290 e. The highest BCUT2D eigenvalue weighted by molar-refractivity contribution is 5.80. The Morgan fingerprint density at radius 2 is 1.12 bits per heavy atom. The van der Waals surface area contributed by atoms with Crippen molar-refractivity contribution in [2.75, 3.05) is 19.6 Å². The summed E-state index contributed by atoms with van der Waals surface area (Å²) in [5, 5.41) is 25.8. The first-order valence-corrected chi connectivity index (χ1v) is 6.77. The molecule has 0 bridgehead atoms. The second kappa shape index (κ2) is 29.0. The average molecular weight is 367 g/mol. The van der Waals surface area contributed by atoms with Crippen molar-refractivity contribution < 1.29 is 44.1 Å². The Morgan fingerprint density at radius 3 is 1.44 bits per heavy atom. The summed E-state index contributed by atoms with van der Waals surface area (Å²) in [5.41, 5.74) is 5.18. The Kier molecular flexibility index (Phi) is 34.8. The lowest BCUT2D eigenvalue weighted by atomic mass is 10.3. The molecular formula is C13H25N3O9. The van der Waals surface area contributed by atoms with Crippen LogP contribution in [0.4, 0.5) is 0 Å². The summed E-state index contributed by atoms with van der Waals surface area (Å²) in [6.07, 6.45) is 0.825. The molecule has 0 aliphatic rings. The minimum Gasteiger partial charge on any atom is -0.483 e. The van der Waals surface area contributed by atoms with Crippen LogP contribution in [0.15, 0.2) is 0 Å². The fraction of sp³-hybridized carbons (Fsp3) is 0.538. The maximum Gasteiger partial charge on any atom is 0.290 e.